The molecule has 0 fully saturated rings. The number of anilines is 1. The average Bonchev–Trinajstić information content (AvgIpc) is 3.29. The molecule has 0 aliphatic heterocycles. The standard InChI is InChI=1S/C23H26N2O7S3/c1-7-30-20(27)15-12(5)17(22(29)32-9-3)35-23(15)33-13(6)18(26)25-19-14(10-24)11(4)16(34-19)21(28)31-8-2/h13H,7-9H2,1-6H3,(H,25,26). The summed E-state index contributed by atoms with van der Waals surface area (Å²) in [4.78, 5) is 50.6. The highest BCUT2D eigenvalue weighted by Gasteiger charge is 2.30. The first-order chi connectivity index (χ1) is 16.6. The topological polar surface area (TPSA) is 132 Å². The fourth-order valence-corrected chi connectivity index (χ4v) is 6.65. The Kier molecular flexibility index (Phi) is 10.3. The third-order valence-electron chi connectivity index (χ3n) is 4.66. The maximum atomic E-state index is 13.0. The van der Waals surface area contributed by atoms with Gasteiger partial charge in [-0.25, -0.2) is 14.4 Å². The quantitative estimate of drug-likeness (QED) is 0.253. The molecule has 0 radical (unpaired) electrons. The van der Waals surface area contributed by atoms with Crippen molar-refractivity contribution in [2.75, 3.05) is 25.1 Å². The van der Waals surface area contributed by atoms with Crippen LogP contribution in [0.5, 0.6) is 0 Å². The number of hydrogen-bond acceptors (Lipinski definition) is 11. The molecule has 35 heavy (non-hydrogen) atoms. The minimum absolute atomic E-state index is 0.153. The van der Waals surface area contributed by atoms with Gasteiger partial charge in [0.05, 0.1) is 40.4 Å². The highest BCUT2D eigenvalue weighted by atomic mass is 32.2. The summed E-state index contributed by atoms with van der Waals surface area (Å²) in [7, 11) is 0. The highest BCUT2D eigenvalue weighted by molar-refractivity contribution is 8.02. The highest BCUT2D eigenvalue weighted by Crippen LogP contribution is 2.40. The molecule has 1 atom stereocenters. The molecule has 0 saturated heterocycles. The smallest absolute Gasteiger partial charge is 0.348 e. The van der Waals surface area contributed by atoms with Gasteiger partial charge in [-0.2, -0.15) is 5.26 Å². The Morgan fingerprint density at radius 3 is 1.94 bits per heavy atom. The van der Waals surface area contributed by atoms with Crippen molar-refractivity contribution in [3.8, 4) is 6.07 Å². The van der Waals surface area contributed by atoms with E-state index in [0.29, 0.717) is 15.3 Å². The van der Waals surface area contributed by atoms with Gasteiger partial charge >= 0.3 is 17.9 Å². The number of ether oxygens (including phenoxy) is 3. The van der Waals surface area contributed by atoms with Gasteiger partial charge in [0.1, 0.15) is 20.8 Å². The molecule has 2 aromatic heterocycles. The summed E-state index contributed by atoms with van der Waals surface area (Å²) >= 11 is 3.12. The van der Waals surface area contributed by atoms with Gasteiger partial charge in [0.2, 0.25) is 5.91 Å². The molecule has 188 valence electrons. The van der Waals surface area contributed by atoms with Crippen LogP contribution in [0.15, 0.2) is 4.21 Å². The van der Waals surface area contributed by atoms with Crippen molar-refractivity contribution < 1.29 is 33.4 Å². The fourth-order valence-electron chi connectivity index (χ4n) is 2.96. The van der Waals surface area contributed by atoms with Crippen LogP contribution < -0.4 is 5.32 Å². The van der Waals surface area contributed by atoms with E-state index in [4.69, 9.17) is 14.2 Å². The summed E-state index contributed by atoms with van der Waals surface area (Å²) in [6.45, 7) is 10.4. The van der Waals surface area contributed by atoms with Gasteiger partial charge in [0, 0.05) is 0 Å². The zero-order valence-electron chi connectivity index (χ0n) is 20.2. The van der Waals surface area contributed by atoms with E-state index >= 15 is 0 Å². The van der Waals surface area contributed by atoms with Crippen LogP contribution in [0.25, 0.3) is 0 Å². The fraction of sp³-hybridized carbons (Fsp3) is 0.435. The summed E-state index contributed by atoms with van der Waals surface area (Å²) in [6, 6.07) is 2.02. The van der Waals surface area contributed by atoms with E-state index in [0.717, 1.165) is 34.4 Å². The van der Waals surface area contributed by atoms with Crippen LogP contribution in [0.4, 0.5) is 5.00 Å². The lowest BCUT2D eigenvalue weighted by Crippen LogP contribution is -2.22. The molecule has 9 nitrogen and oxygen atoms in total. The largest absolute Gasteiger partial charge is 0.462 e. The zero-order valence-corrected chi connectivity index (χ0v) is 22.7. The van der Waals surface area contributed by atoms with Crippen LogP contribution in [-0.2, 0) is 19.0 Å². The Bertz CT molecular complexity index is 1180. The Hall–Kier alpha value is -2.88. The SMILES string of the molecule is CCOC(=O)c1sc(NC(=O)C(C)Sc2sc(C(=O)OCC)c(C)c2C(=O)OCC)c(C#N)c1C. The van der Waals surface area contributed by atoms with Crippen LogP contribution in [0.3, 0.4) is 0 Å². The molecule has 0 saturated carbocycles. The molecule has 1 N–H and O–H groups in total. The second kappa shape index (κ2) is 12.7. The lowest BCUT2D eigenvalue weighted by Gasteiger charge is -2.11. The molecule has 1 unspecified atom stereocenters. The number of thioether (sulfide) groups is 1. The molecule has 0 aliphatic carbocycles. The van der Waals surface area contributed by atoms with Crippen molar-refractivity contribution in [2.45, 2.75) is 51.0 Å². The zero-order chi connectivity index (χ0) is 26.3. The van der Waals surface area contributed by atoms with Crippen molar-refractivity contribution >= 4 is 63.3 Å². The Morgan fingerprint density at radius 2 is 1.43 bits per heavy atom. The molecule has 2 rings (SSSR count). The molecular weight excluding hydrogens is 512 g/mol. The predicted molar refractivity (Wildman–Crippen MR) is 135 cm³/mol. The van der Waals surface area contributed by atoms with Crippen molar-refractivity contribution in [2.24, 2.45) is 0 Å². The molecule has 1 amide bonds. The third kappa shape index (κ3) is 6.42. The van der Waals surface area contributed by atoms with E-state index in [9.17, 15) is 24.4 Å². The monoisotopic (exact) mass is 538 g/mol. The van der Waals surface area contributed by atoms with Gasteiger partial charge in [-0.3, -0.25) is 4.79 Å². The number of amides is 1. The van der Waals surface area contributed by atoms with Crippen LogP contribution >= 0.6 is 34.4 Å². The molecule has 12 heteroatoms. The van der Waals surface area contributed by atoms with Gasteiger partial charge < -0.3 is 19.5 Å². The molecular formula is C23H26N2O7S3. The summed E-state index contributed by atoms with van der Waals surface area (Å²) in [5.41, 5.74) is 1.28. The molecule has 0 bridgehead atoms. The number of hydrogen-bond donors (Lipinski definition) is 1. The molecule has 2 aromatic rings. The Balaban J connectivity index is 2.33. The number of carbonyl (C=O) groups is 4. The second-order valence-electron chi connectivity index (χ2n) is 7.00. The number of nitriles is 1. The summed E-state index contributed by atoms with van der Waals surface area (Å²) in [5, 5.41) is 11.8. The molecule has 0 aliphatic rings. The number of nitrogens with one attached hydrogen (secondary N) is 1. The maximum absolute atomic E-state index is 13.0. The van der Waals surface area contributed by atoms with Crippen molar-refractivity contribution in [3.63, 3.8) is 0 Å². The van der Waals surface area contributed by atoms with Crippen LogP contribution in [0, 0.1) is 25.2 Å². The van der Waals surface area contributed by atoms with Crippen LogP contribution in [0.1, 0.15) is 74.1 Å². The minimum atomic E-state index is -0.712. The van der Waals surface area contributed by atoms with Crippen molar-refractivity contribution in [1.82, 2.24) is 0 Å². The van der Waals surface area contributed by atoms with Gasteiger partial charge in [0.15, 0.2) is 0 Å². The average molecular weight is 539 g/mol. The predicted octanol–water partition coefficient (Wildman–Crippen LogP) is 4.95. The summed E-state index contributed by atoms with van der Waals surface area (Å²) in [5.74, 6) is -2.15. The van der Waals surface area contributed by atoms with E-state index in [1.54, 1.807) is 41.5 Å². The summed E-state index contributed by atoms with van der Waals surface area (Å²) < 4.78 is 15.7. The Morgan fingerprint density at radius 1 is 0.914 bits per heavy atom. The van der Waals surface area contributed by atoms with Crippen LogP contribution in [-0.4, -0.2) is 48.9 Å². The van der Waals surface area contributed by atoms with Gasteiger partial charge in [-0.1, -0.05) is 0 Å². The van der Waals surface area contributed by atoms with E-state index in [1.165, 1.54) is 0 Å². The first-order valence-corrected chi connectivity index (χ1v) is 13.3. The maximum Gasteiger partial charge on any atom is 0.348 e. The van der Waals surface area contributed by atoms with E-state index in [2.05, 4.69) is 5.32 Å². The first kappa shape index (κ1) is 28.4. The minimum Gasteiger partial charge on any atom is -0.462 e. The molecule has 0 aromatic carbocycles. The first-order valence-electron chi connectivity index (χ1n) is 10.8. The molecule has 0 spiro atoms. The number of carbonyl (C=O) groups excluding carboxylic acids is 4. The van der Waals surface area contributed by atoms with E-state index in [1.807, 2.05) is 6.07 Å². The Labute approximate surface area is 215 Å². The van der Waals surface area contributed by atoms with E-state index in [-0.39, 0.29) is 45.7 Å². The number of thiophene rings is 2. The summed E-state index contributed by atoms with van der Waals surface area (Å²) in [6.07, 6.45) is 0. The van der Waals surface area contributed by atoms with Crippen molar-refractivity contribution in [3.05, 3.63) is 32.0 Å². The van der Waals surface area contributed by atoms with Gasteiger partial charge in [-0.05, 0) is 52.7 Å². The van der Waals surface area contributed by atoms with Crippen LogP contribution in [0.2, 0.25) is 0 Å². The lowest BCUT2D eigenvalue weighted by molar-refractivity contribution is -0.115. The number of rotatable bonds is 10. The van der Waals surface area contributed by atoms with Gasteiger partial charge in [0.25, 0.3) is 0 Å². The number of esters is 3. The second-order valence-corrected chi connectivity index (χ2v) is 10.7. The van der Waals surface area contributed by atoms with Crippen molar-refractivity contribution in [1.29, 1.82) is 5.26 Å². The number of nitrogens with zero attached hydrogens (tertiary/aromatic N) is 1. The lowest BCUT2D eigenvalue weighted by atomic mass is 10.2. The van der Waals surface area contributed by atoms with E-state index < -0.39 is 29.1 Å². The third-order valence-corrected chi connectivity index (χ3v) is 8.44. The molecule has 2 heterocycles. The van der Waals surface area contributed by atoms with Gasteiger partial charge in [-0.15, -0.1) is 34.4 Å². The normalized spacial score (nSPS) is 11.3.